The number of fused-ring (bicyclic) bond motifs is 1. The number of hydrogen-bond acceptors (Lipinski definition) is 1. The van der Waals surface area contributed by atoms with Gasteiger partial charge in [-0.1, -0.05) is 54.6 Å². The minimum atomic E-state index is 0.908. The first-order chi connectivity index (χ1) is 11.9. The molecule has 0 fully saturated rings. The van der Waals surface area contributed by atoms with Gasteiger partial charge in [-0.25, -0.2) is 0 Å². The van der Waals surface area contributed by atoms with Crippen LogP contribution in [-0.2, 0) is 19.4 Å². The van der Waals surface area contributed by atoms with Gasteiger partial charge in [0.05, 0.1) is 0 Å². The molecule has 0 bridgehead atoms. The van der Waals surface area contributed by atoms with E-state index in [0.717, 1.165) is 25.1 Å². The van der Waals surface area contributed by atoms with Crippen molar-refractivity contribution >= 4 is 10.9 Å². The summed E-state index contributed by atoms with van der Waals surface area (Å²) in [5.74, 6) is 0. The number of aryl methyl sites for hydroxylation is 2. The standard InChI is InChI=1S/C22H20N2/c1-2-8-18(9-3-1)16-24-17-19(21-11-4-5-12-22(21)24)13-14-20-10-6-7-15-23-20/h1-12,15,17H,13-14,16H2. The zero-order valence-electron chi connectivity index (χ0n) is 13.6. The van der Waals surface area contributed by atoms with Gasteiger partial charge in [-0.05, 0) is 42.2 Å². The molecule has 0 radical (unpaired) electrons. The number of aromatic nitrogens is 2. The maximum atomic E-state index is 4.44. The minimum Gasteiger partial charge on any atom is -0.343 e. The predicted octanol–water partition coefficient (Wildman–Crippen LogP) is 4.87. The highest BCUT2D eigenvalue weighted by atomic mass is 15.0. The Morgan fingerprint density at radius 3 is 2.38 bits per heavy atom. The van der Waals surface area contributed by atoms with Crippen LogP contribution in [0.25, 0.3) is 10.9 Å². The quantitative estimate of drug-likeness (QED) is 0.514. The first-order valence-corrected chi connectivity index (χ1v) is 8.41. The van der Waals surface area contributed by atoms with Crippen LogP contribution in [0, 0.1) is 0 Å². The van der Waals surface area contributed by atoms with Crippen molar-refractivity contribution in [1.29, 1.82) is 0 Å². The van der Waals surface area contributed by atoms with E-state index in [2.05, 4.69) is 82.5 Å². The molecule has 2 nitrogen and oxygen atoms in total. The van der Waals surface area contributed by atoms with Crippen LogP contribution in [0.15, 0.2) is 85.2 Å². The molecule has 4 aromatic rings. The average molecular weight is 312 g/mol. The van der Waals surface area contributed by atoms with Crippen LogP contribution < -0.4 is 0 Å². The SMILES string of the molecule is c1ccc(Cn2cc(CCc3ccccn3)c3ccccc32)cc1. The van der Waals surface area contributed by atoms with Gasteiger partial charge in [-0.3, -0.25) is 4.98 Å². The van der Waals surface area contributed by atoms with Crippen LogP contribution in [0.4, 0.5) is 0 Å². The van der Waals surface area contributed by atoms with E-state index in [1.54, 1.807) is 0 Å². The number of para-hydroxylation sites is 1. The molecule has 118 valence electrons. The molecule has 2 aromatic carbocycles. The van der Waals surface area contributed by atoms with Crippen molar-refractivity contribution in [2.45, 2.75) is 19.4 Å². The summed E-state index contributed by atoms with van der Waals surface area (Å²) in [5.41, 5.74) is 5.18. The molecular formula is C22H20N2. The molecule has 0 amide bonds. The number of nitrogens with zero attached hydrogens (tertiary/aromatic N) is 2. The Morgan fingerprint density at radius 2 is 1.54 bits per heavy atom. The summed E-state index contributed by atoms with van der Waals surface area (Å²) >= 11 is 0. The van der Waals surface area contributed by atoms with Crippen LogP contribution in [0.3, 0.4) is 0 Å². The summed E-state index contributed by atoms with van der Waals surface area (Å²) in [7, 11) is 0. The monoisotopic (exact) mass is 312 g/mol. The zero-order chi connectivity index (χ0) is 16.2. The summed E-state index contributed by atoms with van der Waals surface area (Å²) in [6.07, 6.45) is 6.16. The van der Waals surface area contributed by atoms with Gasteiger partial charge in [0, 0.05) is 35.5 Å². The van der Waals surface area contributed by atoms with E-state index in [1.165, 1.54) is 22.0 Å². The zero-order valence-corrected chi connectivity index (χ0v) is 13.6. The van der Waals surface area contributed by atoms with Crippen LogP contribution in [0.1, 0.15) is 16.8 Å². The van der Waals surface area contributed by atoms with E-state index in [0.29, 0.717) is 0 Å². The van der Waals surface area contributed by atoms with Crippen LogP contribution in [0.2, 0.25) is 0 Å². The Hall–Kier alpha value is -2.87. The third-order valence-corrected chi connectivity index (χ3v) is 4.44. The summed E-state index contributed by atoms with van der Waals surface area (Å²) in [6.45, 7) is 0.908. The Morgan fingerprint density at radius 1 is 0.750 bits per heavy atom. The lowest BCUT2D eigenvalue weighted by Crippen LogP contribution is -1.97. The number of rotatable bonds is 5. The smallest absolute Gasteiger partial charge is 0.0486 e. The normalized spacial score (nSPS) is 11.0. The van der Waals surface area contributed by atoms with Gasteiger partial charge >= 0.3 is 0 Å². The molecule has 0 saturated carbocycles. The van der Waals surface area contributed by atoms with Crippen LogP contribution >= 0.6 is 0 Å². The molecule has 0 N–H and O–H groups in total. The Kier molecular flexibility index (Phi) is 4.11. The van der Waals surface area contributed by atoms with Crippen molar-refractivity contribution in [3.63, 3.8) is 0 Å². The van der Waals surface area contributed by atoms with E-state index >= 15 is 0 Å². The molecule has 0 spiro atoms. The third-order valence-electron chi connectivity index (χ3n) is 4.44. The van der Waals surface area contributed by atoms with E-state index in [4.69, 9.17) is 0 Å². The largest absolute Gasteiger partial charge is 0.343 e. The second-order valence-corrected chi connectivity index (χ2v) is 6.11. The molecule has 0 aliphatic carbocycles. The highest BCUT2D eigenvalue weighted by Crippen LogP contribution is 2.23. The molecule has 2 heterocycles. The molecular weight excluding hydrogens is 292 g/mol. The third kappa shape index (κ3) is 3.09. The molecule has 2 heteroatoms. The molecule has 2 aromatic heterocycles. The van der Waals surface area contributed by atoms with Crippen molar-refractivity contribution in [1.82, 2.24) is 9.55 Å². The van der Waals surface area contributed by atoms with Crippen molar-refractivity contribution in [2.75, 3.05) is 0 Å². The van der Waals surface area contributed by atoms with Crippen LogP contribution in [0.5, 0.6) is 0 Å². The second-order valence-electron chi connectivity index (χ2n) is 6.11. The lowest BCUT2D eigenvalue weighted by Gasteiger charge is -2.05. The first-order valence-electron chi connectivity index (χ1n) is 8.41. The Balaban J connectivity index is 1.64. The van der Waals surface area contributed by atoms with Crippen molar-refractivity contribution in [3.8, 4) is 0 Å². The predicted molar refractivity (Wildman–Crippen MR) is 99.1 cm³/mol. The molecule has 0 atom stereocenters. The van der Waals surface area contributed by atoms with Gasteiger partial charge in [0.1, 0.15) is 0 Å². The first kappa shape index (κ1) is 14.7. The topological polar surface area (TPSA) is 17.8 Å². The fourth-order valence-corrected chi connectivity index (χ4v) is 3.24. The van der Waals surface area contributed by atoms with Gasteiger partial charge in [0.2, 0.25) is 0 Å². The van der Waals surface area contributed by atoms with E-state index < -0.39 is 0 Å². The Labute approximate surface area is 142 Å². The summed E-state index contributed by atoms with van der Waals surface area (Å²) in [4.78, 5) is 4.44. The number of hydrogen-bond donors (Lipinski definition) is 0. The van der Waals surface area contributed by atoms with Crippen molar-refractivity contribution in [2.24, 2.45) is 0 Å². The van der Waals surface area contributed by atoms with Crippen molar-refractivity contribution < 1.29 is 0 Å². The van der Waals surface area contributed by atoms with Gasteiger partial charge in [0.15, 0.2) is 0 Å². The van der Waals surface area contributed by atoms with Crippen molar-refractivity contribution in [3.05, 3.63) is 102 Å². The fraction of sp³-hybridized carbons (Fsp3) is 0.136. The molecule has 0 saturated heterocycles. The number of pyridine rings is 1. The molecule has 4 rings (SSSR count). The molecule has 0 unspecified atom stereocenters. The van der Waals surface area contributed by atoms with Crippen LogP contribution in [-0.4, -0.2) is 9.55 Å². The second kappa shape index (κ2) is 6.71. The maximum absolute atomic E-state index is 4.44. The lowest BCUT2D eigenvalue weighted by atomic mass is 10.1. The van der Waals surface area contributed by atoms with Gasteiger partial charge in [-0.15, -0.1) is 0 Å². The maximum Gasteiger partial charge on any atom is 0.0486 e. The highest BCUT2D eigenvalue weighted by molar-refractivity contribution is 5.84. The summed E-state index contributed by atoms with van der Waals surface area (Å²) < 4.78 is 2.36. The highest BCUT2D eigenvalue weighted by Gasteiger charge is 2.09. The molecule has 24 heavy (non-hydrogen) atoms. The summed E-state index contributed by atoms with van der Waals surface area (Å²) in [6, 6.07) is 25.4. The summed E-state index contributed by atoms with van der Waals surface area (Å²) in [5, 5.41) is 1.35. The average Bonchev–Trinajstić information content (AvgIpc) is 3.00. The van der Waals surface area contributed by atoms with E-state index in [9.17, 15) is 0 Å². The Bertz CT molecular complexity index is 924. The van der Waals surface area contributed by atoms with Gasteiger partial charge < -0.3 is 4.57 Å². The minimum absolute atomic E-state index is 0.908. The van der Waals surface area contributed by atoms with E-state index in [-0.39, 0.29) is 0 Å². The molecule has 0 aliphatic rings. The fourth-order valence-electron chi connectivity index (χ4n) is 3.24. The number of benzene rings is 2. The van der Waals surface area contributed by atoms with E-state index in [1.807, 2.05) is 12.3 Å². The van der Waals surface area contributed by atoms with Gasteiger partial charge in [-0.2, -0.15) is 0 Å². The lowest BCUT2D eigenvalue weighted by molar-refractivity contribution is 0.824. The molecule has 0 aliphatic heterocycles. The van der Waals surface area contributed by atoms with Gasteiger partial charge in [0.25, 0.3) is 0 Å².